The molecular formula is C15H14N2O2S. The fourth-order valence-corrected chi connectivity index (χ4v) is 3.17. The van der Waals surface area contributed by atoms with Crippen LogP contribution in [0.2, 0.25) is 0 Å². The second-order valence-electron chi connectivity index (χ2n) is 4.40. The highest BCUT2D eigenvalue weighted by Gasteiger charge is 2.12. The number of nitrogens with two attached hydrogens (primary N) is 1. The SMILES string of the molecule is COc1cc(CN)ccc1-n1sc2ccccc2c1=O. The zero-order valence-electron chi connectivity index (χ0n) is 11.0. The van der Waals surface area contributed by atoms with Crippen LogP contribution in [-0.2, 0) is 6.54 Å². The van der Waals surface area contributed by atoms with Gasteiger partial charge in [0.05, 0.1) is 17.2 Å². The maximum atomic E-state index is 12.4. The van der Waals surface area contributed by atoms with Crippen molar-refractivity contribution in [1.82, 2.24) is 3.96 Å². The van der Waals surface area contributed by atoms with Crippen LogP contribution in [0.3, 0.4) is 0 Å². The van der Waals surface area contributed by atoms with Crippen LogP contribution in [0.1, 0.15) is 5.56 Å². The molecule has 5 heteroatoms. The van der Waals surface area contributed by atoms with Crippen molar-refractivity contribution in [2.45, 2.75) is 6.54 Å². The number of ether oxygens (including phenoxy) is 1. The van der Waals surface area contributed by atoms with Crippen molar-refractivity contribution in [3.8, 4) is 11.4 Å². The summed E-state index contributed by atoms with van der Waals surface area (Å²) in [7, 11) is 1.59. The van der Waals surface area contributed by atoms with Gasteiger partial charge in [-0.2, -0.15) is 0 Å². The van der Waals surface area contributed by atoms with E-state index in [2.05, 4.69) is 0 Å². The molecule has 102 valence electrons. The van der Waals surface area contributed by atoms with Crippen LogP contribution >= 0.6 is 11.5 Å². The van der Waals surface area contributed by atoms with E-state index in [9.17, 15) is 4.79 Å². The summed E-state index contributed by atoms with van der Waals surface area (Å²) in [6.45, 7) is 0.442. The van der Waals surface area contributed by atoms with Crippen molar-refractivity contribution in [2.24, 2.45) is 5.73 Å². The van der Waals surface area contributed by atoms with Gasteiger partial charge in [0.2, 0.25) is 0 Å². The molecule has 4 nitrogen and oxygen atoms in total. The van der Waals surface area contributed by atoms with E-state index in [0.717, 1.165) is 21.3 Å². The van der Waals surface area contributed by atoms with E-state index in [1.165, 1.54) is 11.5 Å². The van der Waals surface area contributed by atoms with Gasteiger partial charge in [-0.05, 0) is 29.8 Å². The zero-order valence-corrected chi connectivity index (χ0v) is 11.8. The van der Waals surface area contributed by atoms with E-state index >= 15 is 0 Å². The number of aromatic nitrogens is 1. The Bertz CT molecular complexity index is 820. The largest absolute Gasteiger partial charge is 0.495 e. The van der Waals surface area contributed by atoms with Gasteiger partial charge in [-0.3, -0.25) is 4.79 Å². The molecule has 0 aliphatic carbocycles. The lowest BCUT2D eigenvalue weighted by Crippen LogP contribution is -2.12. The molecule has 2 aromatic carbocycles. The number of nitrogens with zero attached hydrogens (tertiary/aromatic N) is 1. The number of rotatable bonds is 3. The van der Waals surface area contributed by atoms with E-state index in [1.807, 2.05) is 42.5 Å². The van der Waals surface area contributed by atoms with E-state index in [-0.39, 0.29) is 5.56 Å². The van der Waals surface area contributed by atoms with E-state index in [1.54, 1.807) is 11.1 Å². The normalized spacial score (nSPS) is 10.9. The van der Waals surface area contributed by atoms with Gasteiger partial charge < -0.3 is 10.5 Å². The van der Waals surface area contributed by atoms with Crippen LogP contribution in [0.15, 0.2) is 47.3 Å². The van der Waals surface area contributed by atoms with Gasteiger partial charge in [0.15, 0.2) is 0 Å². The molecule has 1 heterocycles. The highest BCUT2D eigenvalue weighted by Crippen LogP contribution is 2.27. The molecule has 0 saturated carbocycles. The van der Waals surface area contributed by atoms with Crippen LogP contribution < -0.4 is 16.0 Å². The molecule has 0 spiro atoms. The molecule has 1 aromatic heterocycles. The van der Waals surface area contributed by atoms with Gasteiger partial charge in [-0.1, -0.05) is 29.7 Å². The molecule has 0 amide bonds. The van der Waals surface area contributed by atoms with Gasteiger partial charge >= 0.3 is 0 Å². The highest BCUT2D eigenvalue weighted by molar-refractivity contribution is 7.14. The third kappa shape index (κ3) is 2.01. The van der Waals surface area contributed by atoms with Gasteiger partial charge in [-0.15, -0.1) is 0 Å². The van der Waals surface area contributed by atoms with Crippen LogP contribution in [0.25, 0.3) is 15.8 Å². The Labute approximate surface area is 120 Å². The van der Waals surface area contributed by atoms with Gasteiger partial charge in [-0.25, -0.2) is 3.96 Å². The monoisotopic (exact) mass is 286 g/mol. The van der Waals surface area contributed by atoms with Crippen LogP contribution in [0, 0.1) is 0 Å². The highest BCUT2D eigenvalue weighted by atomic mass is 32.1. The summed E-state index contributed by atoms with van der Waals surface area (Å²) in [5.74, 6) is 0.654. The molecular weight excluding hydrogens is 272 g/mol. The summed E-state index contributed by atoms with van der Waals surface area (Å²) >= 11 is 1.41. The standard InChI is InChI=1S/C15H14N2O2S/c1-19-13-8-10(9-16)6-7-12(13)17-15(18)11-4-2-3-5-14(11)20-17/h2-8H,9,16H2,1H3. The quantitative estimate of drug-likeness (QED) is 0.805. The summed E-state index contributed by atoms with van der Waals surface area (Å²) < 4.78 is 8.00. The summed E-state index contributed by atoms with van der Waals surface area (Å²) in [6, 6.07) is 13.2. The molecule has 0 saturated heterocycles. The van der Waals surface area contributed by atoms with Gasteiger partial charge in [0, 0.05) is 6.54 Å². The maximum absolute atomic E-state index is 12.4. The molecule has 0 bridgehead atoms. The Hall–Kier alpha value is -2.11. The van der Waals surface area contributed by atoms with Gasteiger partial charge in [0.25, 0.3) is 5.56 Å². The fourth-order valence-electron chi connectivity index (χ4n) is 2.15. The van der Waals surface area contributed by atoms with Crippen LogP contribution in [0.4, 0.5) is 0 Å². The second-order valence-corrected chi connectivity index (χ2v) is 5.38. The molecule has 0 radical (unpaired) electrons. The number of methoxy groups -OCH3 is 1. The molecule has 3 aromatic rings. The number of fused-ring (bicyclic) bond motifs is 1. The summed E-state index contributed by atoms with van der Waals surface area (Å²) in [5.41, 5.74) is 7.33. The number of benzene rings is 2. The maximum Gasteiger partial charge on any atom is 0.273 e. The third-order valence-corrected chi connectivity index (χ3v) is 4.29. The molecule has 0 aliphatic heterocycles. The third-order valence-electron chi connectivity index (χ3n) is 3.19. The fraction of sp³-hybridized carbons (Fsp3) is 0.133. The Balaban J connectivity index is 2.25. The Morgan fingerprint density at radius 3 is 2.75 bits per heavy atom. The summed E-state index contributed by atoms with van der Waals surface area (Å²) in [5, 5.41) is 0.724. The Morgan fingerprint density at radius 1 is 1.25 bits per heavy atom. The van der Waals surface area contributed by atoms with E-state index in [4.69, 9.17) is 10.5 Å². The molecule has 0 aliphatic rings. The minimum Gasteiger partial charge on any atom is -0.495 e. The summed E-state index contributed by atoms with van der Waals surface area (Å²) in [6.07, 6.45) is 0. The topological polar surface area (TPSA) is 57.2 Å². The van der Waals surface area contributed by atoms with Crippen molar-refractivity contribution >= 4 is 21.6 Å². The van der Waals surface area contributed by atoms with Crippen LogP contribution in [0.5, 0.6) is 5.75 Å². The van der Waals surface area contributed by atoms with Crippen molar-refractivity contribution in [1.29, 1.82) is 0 Å². The van der Waals surface area contributed by atoms with Crippen molar-refractivity contribution in [3.05, 3.63) is 58.4 Å². The van der Waals surface area contributed by atoms with Crippen molar-refractivity contribution < 1.29 is 4.74 Å². The first-order chi connectivity index (χ1) is 9.74. The zero-order chi connectivity index (χ0) is 14.1. The lowest BCUT2D eigenvalue weighted by Gasteiger charge is -2.09. The second kappa shape index (κ2) is 5.11. The molecule has 3 rings (SSSR count). The molecule has 2 N–H and O–H groups in total. The lowest BCUT2D eigenvalue weighted by atomic mass is 10.2. The molecule has 20 heavy (non-hydrogen) atoms. The average molecular weight is 286 g/mol. The van der Waals surface area contributed by atoms with Crippen LogP contribution in [-0.4, -0.2) is 11.1 Å². The predicted octanol–water partition coefficient (Wildman–Crippen LogP) is 2.52. The molecule has 0 fully saturated rings. The Kier molecular flexibility index (Phi) is 3.30. The lowest BCUT2D eigenvalue weighted by molar-refractivity contribution is 0.413. The molecule has 0 unspecified atom stereocenters. The minimum atomic E-state index is -0.0237. The van der Waals surface area contributed by atoms with Crippen molar-refractivity contribution in [3.63, 3.8) is 0 Å². The summed E-state index contributed by atoms with van der Waals surface area (Å²) in [4.78, 5) is 12.4. The van der Waals surface area contributed by atoms with E-state index < -0.39 is 0 Å². The number of hydrogen-bond acceptors (Lipinski definition) is 4. The van der Waals surface area contributed by atoms with Crippen molar-refractivity contribution in [2.75, 3.05) is 7.11 Å². The smallest absolute Gasteiger partial charge is 0.273 e. The Morgan fingerprint density at radius 2 is 2.05 bits per heavy atom. The number of hydrogen-bond donors (Lipinski definition) is 1. The average Bonchev–Trinajstić information content (AvgIpc) is 2.84. The van der Waals surface area contributed by atoms with Gasteiger partial charge in [0.1, 0.15) is 11.4 Å². The first-order valence-corrected chi connectivity index (χ1v) is 7.00. The van der Waals surface area contributed by atoms with E-state index in [0.29, 0.717) is 12.3 Å². The molecule has 0 atom stereocenters. The minimum absolute atomic E-state index is 0.0237. The predicted molar refractivity (Wildman–Crippen MR) is 81.9 cm³/mol. The first-order valence-electron chi connectivity index (χ1n) is 6.23. The first kappa shape index (κ1) is 12.9.